The molecule has 0 atom stereocenters. The van der Waals surface area contributed by atoms with Crippen molar-refractivity contribution in [2.75, 3.05) is 17.7 Å². The number of halogens is 2. The molecule has 0 aromatic heterocycles. The van der Waals surface area contributed by atoms with Gasteiger partial charge in [-0.05, 0) is 42.0 Å². The smallest absolute Gasteiger partial charge is 0.257 e. The average Bonchev–Trinajstić information content (AvgIpc) is 2.67. The van der Waals surface area contributed by atoms with Crippen molar-refractivity contribution in [3.63, 3.8) is 0 Å². The van der Waals surface area contributed by atoms with E-state index in [0.717, 1.165) is 5.56 Å². The fourth-order valence-electron chi connectivity index (χ4n) is 2.61. The number of ether oxygens (including phenoxy) is 1. The van der Waals surface area contributed by atoms with Gasteiger partial charge in [-0.1, -0.05) is 35.9 Å². The zero-order valence-electron chi connectivity index (χ0n) is 14.6. The first-order valence-electron chi connectivity index (χ1n) is 8.29. The summed E-state index contributed by atoms with van der Waals surface area (Å²) in [5.74, 6) is -0.203. The van der Waals surface area contributed by atoms with Crippen molar-refractivity contribution in [1.29, 1.82) is 0 Å². The molecule has 0 bridgehead atoms. The lowest BCUT2D eigenvalue weighted by molar-refractivity contribution is 0.102. The minimum absolute atomic E-state index is 0.272. The molecule has 0 aliphatic rings. The maximum Gasteiger partial charge on any atom is 0.257 e. The summed E-state index contributed by atoms with van der Waals surface area (Å²) in [6.07, 6.45) is 0. The third-order valence-electron chi connectivity index (χ3n) is 3.95. The van der Waals surface area contributed by atoms with E-state index >= 15 is 0 Å². The predicted octanol–water partition coefficient (Wildman–Crippen LogP) is 5.35. The summed E-state index contributed by atoms with van der Waals surface area (Å²) >= 11 is 6.06. The fraction of sp³-hybridized carbons (Fsp3) is 0.0952. The highest BCUT2D eigenvalue weighted by Crippen LogP contribution is 2.26. The standard InChI is InChI=1S/C21H18ClFN2O2/c1-27-20-12-15(23)9-10-19(20)24-13-14-5-4-6-16(11-14)25-21(26)17-7-2-3-8-18(17)22/h2-12,24H,13H2,1H3,(H,25,26). The maximum atomic E-state index is 13.3. The zero-order chi connectivity index (χ0) is 19.2. The van der Waals surface area contributed by atoms with Crippen LogP contribution < -0.4 is 15.4 Å². The molecule has 3 rings (SSSR count). The number of hydrogen-bond donors (Lipinski definition) is 2. The van der Waals surface area contributed by atoms with Crippen LogP contribution in [0.15, 0.2) is 66.7 Å². The molecule has 27 heavy (non-hydrogen) atoms. The number of amides is 1. The number of rotatable bonds is 6. The Morgan fingerprint density at radius 2 is 1.89 bits per heavy atom. The Labute approximate surface area is 161 Å². The lowest BCUT2D eigenvalue weighted by Crippen LogP contribution is -2.12. The van der Waals surface area contributed by atoms with Crippen LogP contribution in [-0.4, -0.2) is 13.0 Å². The summed E-state index contributed by atoms with van der Waals surface area (Å²) in [6.45, 7) is 0.484. The molecule has 3 aromatic rings. The van der Waals surface area contributed by atoms with Crippen molar-refractivity contribution in [1.82, 2.24) is 0 Å². The zero-order valence-corrected chi connectivity index (χ0v) is 15.4. The third kappa shape index (κ3) is 4.77. The van der Waals surface area contributed by atoms with Gasteiger partial charge in [-0.3, -0.25) is 4.79 Å². The molecular weight excluding hydrogens is 367 g/mol. The quantitative estimate of drug-likeness (QED) is 0.602. The van der Waals surface area contributed by atoms with Crippen LogP contribution in [0.3, 0.4) is 0 Å². The second-order valence-corrected chi connectivity index (χ2v) is 6.24. The number of carbonyl (C=O) groups excluding carboxylic acids is 1. The van der Waals surface area contributed by atoms with E-state index in [9.17, 15) is 9.18 Å². The number of anilines is 2. The molecule has 0 unspecified atom stereocenters. The van der Waals surface area contributed by atoms with Gasteiger partial charge in [0.2, 0.25) is 0 Å². The summed E-state index contributed by atoms with van der Waals surface area (Å²) in [5, 5.41) is 6.45. The molecule has 3 aromatic carbocycles. The third-order valence-corrected chi connectivity index (χ3v) is 4.28. The number of methoxy groups -OCH3 is 1. The highest BCUT2D eigenvalue weighted by Gasteiger charge is 2.10. The van der Waals surface area contributed by atoms with Crippen LogP contribution in [0.4, 0.5) is 15.8 Å². The summed E-state index contributed by atoms with van der Waals surface area (Å²) in [6, 6.07) is 18.6. The van der Waals surface area contributed by atoms with Crippen molar-refractivity contribution < 1.29 is 13.9 Å². The van der Waals surface area contributed by atoms with Gasteiger partial charge >= 0.3 is 0 Å². The van der Waals surface area contributed by atoms with Crippen molar-refractivity contribution in [2.45, 2.75) is 6.54 Å². The van der Waals surface area contributed by atoms with Gasteiger partial charge < -0.3 is 15.4 Å². The first kappa shape index (κ1) is 18.7. The van der Waals surface area contributed by atoms with E-state index in [2.05, 4.69) is 10.6 Å². The Kier molecular flexibility index (Phi) is 5.94. The SMILES string of the molecule is COc1cc(F)ccc1NCc1cccc(NC(=O)c2ccccc2Cl)c1. The summed E-state index contributed by atoms with van der Waals surface area (Å²) in [4.78, 5) is 12.4. The van der Waals surface area contributed by atoms with E-state index in [0.29, 0.717) is 34.3 Å². The number of hydrogen-bond acceptors (Lipinski definition) is 3. The molecule has 2 N–H and O–H groups in total. The van der Waals surface area contributed by atoms with E-state index in [-0.39, 0.29) is 11.7 Å². The van der Waals surface area contributed by atoms with Gasteiger partial charge in [0.1, 0.15) is 11.6 Å². The predicted molar refractivity (Wildman–Crippen MR) is 106 cm³/mol. The highest BCUT2D eigenvalue weighted by molar-refractivity contribution is 6.34. The van der Waals surface area contributed by atoms with Crippen molar-refractivity contribution >= 4 is 28.9 Å². The molecule has 0 saturated heterocycles. The van der Waals surface area contributed by atoms with Crippen molar-refractivity contribution in [3.8, 4) is 5.75 Å². The van der Waals surface area contributed by atoms with Crippen LogP contribution in [-0.2, 0) is 6.54 Å². The van der Waals surface area contributed by atoms with Gasteiger partial charge in [0.25, 0.3) is 5.91 Å². The van der Waals surface area contributed by atoms with Gasteiger partial charge in [-0.15, -0.1) is 0 Å². The van der Waals surface area contributed by atoms with Crippen LogP contribution >= 0.6 is 11.6 Å². The largest absolute Gasteiger partial charge is 0.494 e. The molecule has 1 amide bonds. The first-order chi connectivity index (χ1) is 13.1. The summed E-state index contributed by atoms with van der Waals surface area (Å²) < 4.78 is 18.5. The van der Waals surface area contributed by atoms with Crippen LogP contribution in [0.1, 0.15) is 15.9 Å². The first-order valence-corrected chi connectivity index (χ1v) is 8.67. The van der Waals surface area contributed by atoms with E-state index in [1.165, 1.54) is 19.2 Å². The lowest BCUT2D eigenvalue weighted by Gasteiger charge is -2.12. The molecule has 0 heterocycles. The number of nitrogens with one attached hydrogen (secondary N) is 2. The topological polar surface area (TPSA) is 50.4 Å². The van der Waals surface area contributed by atoms with Gasteiger partial charge in [-0.25, -0.2) is 4.39 Å². The molecular formula is C21H18ClFN2O2. The Hall–Kier alpha value is -3.05. The normalized spacial score (nSPS) is 10.3. The number of benzene rings is 3. The molecule has 0 radical (unpaired) electrons. The Balaban J connectivity index is 1.69. The Morgan fingerprint density at radius 3 is 2.67 bits per heavy atom. The van der Waals surface area contributed by atoms with Gasteiger partial charge in [-0.2, -0.15) is 0 Å². The Bertz CT molecular complexity index is 962. The minimum atomic E-state index is -0.360. The molecule has 0 fully saturated rings. The van der Waals surface area contributed by atoms with E-state index < -0.39 is 0 Å². The van der Waals surface area contributed by atoms with Gasteiger partial charge in [0, 0.05) is 18.3 Å². The monoisotopic (exact) mass is 384 g/mol. The van der Waals surface area contributed by atoms with E-state index in [4.69, 9.17) is 16.3 Å². The second kappa shape index (κ2) is 8.56. The molecule has 0 aliphatic heterocycles. The molecule has 0 aliphatic carbocycles. The lowest BCUT2D eigenvalue weighted by atomic mass is 10.1. The molecule has 4 nitrogen and oxygen atoms in total. The number of carbonyl (C=O) groups is 1. The maximum absolute atomic E-state index is 13.3. The fourth-order valence-corrected chi connectivity index (χ4v) is 2.83. The molecule has 138 valence electrons. The summed E-state index contributed by atoms with van der Waals surface area (Å²) in [5.41, 5.74) is 2.70. The van der Waals surface area contributed by atoms with Crippen LogP contribution in [0.5, 0.6) is 5.75 Å². The van der Waals surface area contributed by atoms with E-state index in [1.54, 1.807) is 36.4 Å². The Morgan fingerprint density at radius 1 is 1.07 bits per heavy atom. The average molecular weight is 385 g/mol. The molecule has 6 heteroatoms. The molecule has 0 saturated carbocycles. The molecule has 0 spiro atoms. The van der Waals surface area contributed by atoms with Gasteiger partial charge in [0.15, 0.2) is 0 Å². The van der Waals surface area contributed by atoms with Crippen LogP contribution in [0, 0.1) is 5.82 Å². The van der Waals surface area contributed by atoms with Crippen molar-refractivity contribution in [2.24, 2.45) is 0 Å². The van der Waals surface area contributed by atoms with Crippen molar-refractivity contribution in [3.05, 3.63) is 88.7 Å². The van der Waals surface area contributed by atoms with Crippen LogP contribution in [0.2, 0.25) is 5.02 Å². The van der Waals surface area contributed by atoms with Crippen LogP contribution in [0.25, 0.3) is 0 Å². The van der Waals surface area contributed by atoms with E-state index in [1.807, 2.05) is 18.2 Å². The highest BCUT2D eigenvalue weighted by atomic mass is 35.5. The van der Waals surface area contributed by atoms with Gasteiger partial charge in [0.05, 0.1) is 23.4 Å². The minimum Gasteiger partial charge on any atom is -0.494 e. The summed E-state index contributed by atoms with van der Waals surface area (Å²) in [7, 11) is 1.49. The second-order valence-electron chi connectivity index (χ2n) is 5.83.